The molecule has 0 aliphatic carbocycles. The predicted molar refractivity (Wildman–Crippen MR) is 41.6 cm³/mol. The molecule has 2 N–H and O–H groups in total. The molecule has 0 unspecified atom stereocenters. The van der Waals surface area contributed by atoms with Gasteiger partial charge in [-0.3, -0.25) is 0 Å². The predicted octanol–water partition coefficient (Wildman–Crippen LogP) is 1.81. The maximum absolute atomic E-state index is 5.41. The van der Waals surface area contributed by atoms with Crippen LogP contribution in [0.25, 0.3) is 0 Å². The number of halogens is 2. The van der Waals surface area contributed by atoms with Gasteiger partial charge in [0.15, 0.2) is 0 Å². The first-order valence-corrected chi connectivity index (χ1v) is 2.89. The molecular weight excluding hydrogens is 159 g/mol. The van der Waals surface area contributed by atoms with E-state index in [0.29, 0.717) is 0 Å². The largest absolute Gasteiger partial charge is 0.389 e. The molecule has 0 heterocycles. The number of hydrogen-bond acceptors (Lipinski definition) is 2. The van der Waals surface area contributed by atoms with E-state index in [1.807, 2.05) is 0 Å². The fourth-order valence-electron chi connectivity index (χ4n) is 0.238. The molecule has 0 amide bonds. The second-order valence-corrected chi connectivity index (χ2v) is 1.99. The molecule has 0 aromatic rings. The molecule has 0 rings (SSSR count). The second kappa shape index (κ2) is 4.41. The van der Waals surface area contributed by atoms with Crippen LogP contribution in [0.5, 0.6) is 0 Å². The molecule has 0 aromatic heterocycles. The molecule has 0 aromatic carbocycles. The summed E-state index contributed by atoms with van der Waals surface area (Å²) >= 11 is 10.7. The number of rotatable bonds is 2. The van der Waals surface area contributed by atoms with E-state index in [-0.39, 0.29) is 10.3 Å². The van der Waals surface area contributed by atoms with Crippen LogP contribution in [-0.2, 0) is 0 Å². The van der Waals surface area contributed by atoms with Gasteiger partial charge in [-0.25, -0.2) is 4.99 Å². The maximum atomic E-state index is 5.41. The summed E-state index contributed by atoms with van der Waals surface area (Å²) in [6.45, 7) is 3.32. The van der Waals surface area contributed by atoms with Crippen LogP contribution < -0.4 is 5.73 Å². The third-order valence-corrected chi connectivity index (χ3v) is 0.787. The summed E-state index contributed by atoms with van der Waals surface area (Å²) in [5.41, 5.74) is 5.05. The van der Waals surface area contributed by atoms with Crippen molar-refractivity contribution in [2.75, 3.05) is 0 Å². The minimum Gasteiger partial charge on any atom is -0.389 e. The highest BCUT2D eigenvalue weighted by atomic mass is 35.5. The highest BCUT2D eigenvalue weighted by Crippen LogP contribution is 1.95. The van der Waals surface area contributed by atoms with Gasteiger partial charge in [0.25, 0.3) is 0 Å². The van der Waals surface area contributed by atoms with Crippen molar-refractivity contribution in [1.82, 2.24) is 0 Å². The van der Waals surface area contributed by atoms with Crippen molar-refractivity contribution in [3.05, 3.63) is 24.0 Å². The molecule has 0 atom stereocenters. The zero-order valence-electron chi connectivity index (χ0n) is 4.64. The normalized spacial score (nSPS) is 13.6. The number of aliphatic imine (C=N–C) groups is 1. The first-order chi connectivity index (χ1) is 4.16. The van der Waals surface area contributed by atoms with E-state index in [2.05, 4.69) is 11.6 Å². The smallest absolute Gasteiger partial charge is 0.131 e. The van der Waals surface area contributed by atoms with E-state index in [1.54, 1.807) is 0 Å². The van der Waals surface area contributed by atoms with Gasteiger partial charge in [0.2, 0.25) is 0 Å². The van der Waals surface area contributed by atoms with Crippen molar-refractivity contribution in [2.24, 2.45) is 10.7 Å². The van der Waals surface area contributed by atoms with Crippen LogP contribution in [-0.4, -0.2) is 5.17 Å². The fraction of sp³-hybridized carbons (Fsp3) is 0. The van der Waals surface area contributed by atoms with E-state index in [9.17, 15) is 0 Å². The fourth-order valence-corrected chi connectivity index (χ4v) is 0.584. The molecule has 0 fully saturated rings. The molecule has 0 saturated heterocycles. The van der Waals surface area contributed by atoms with Crippen molar-refractivity contribution in [3.63, 3.8) is 0 Å². The number of nitrogens with zero attached hydrogens (tertiary/aromatic N) is 1. The van der Waals surface area contributed by atoms with Gasteiger partial charge in [-0.2, -0.15) is 0 Å². The molecule has 9 heavy (non-hydrogen) atoms. The number of hydrogen-bond donors (Lipinski definition) is 1. The first-order valence-electron chi connectivity index (χ1n) is 2.13. The highest BCUT2D eigenvalue weighted by molar-refractivity contribution is 6.69. The first kappa shape index (κ1) is 8.53. The topological polar surface area (TPSA) is 38.4 Å². The molecule has 50 valence electrons. The summed E-state index contributed by atoms with van der Waals surface area (Å²) in [6, 6.07) is 0. The SMILES string of the molecule is C=C/N=C(Cl)\C=C(/N)Cl. The summed E-state index contributed by atoms with van der Waals surface area (Å²) in [5.74, 6) is 0. The van der Waals surface area contributed by atoms with E-state index >= 15 is 0 Å². The summed E-state index contributed by atoms with van der Waals surface area (Å²) in [7, 11) is 0. The van der Waals surface area contributed by atoms with E-state index in [1.165, 1.54) is 12.3 Å². The lowest BCUT2D eigenvalue weighted by atomic mass is 10.6. The third kappa shape index (κ3) is 5.40. The Hall–Kier alpha value is -0.470. The summed E-state index contributed by atoms with van der Waals surface area (Å²) in [6.07, 6.45) is 2.63. The lowest BCUT2D eigenvalue weighted by Gasteiger charge is -1.84. The Kier molecular flexibility index (Phi) is 4.18. The molecule has 0 aliphatic rings. The van der Waals surface area contributed by atoms with Crippen LogP contribution in [0.2, 0.25) is 0 Å². The Morgan fingerprint density at radius 3 is 2.44 bits per heavy atom. The zero-order chi connectivity index (χ0) is 7.28. The van der Waals surface area contributed by atoms with Crippen molar-refractivity contribution >= 4 is 28.4 Å². The van der Waals surface area contributed by atoms with Gasteiger partial charge >= 0.3 is 0 Å². The second-order valence-electron chi connectivity index (χ2n) is 1.16. The van der Waals surface area contributed by atoms with Gasteiger partial charge in [-0.15, -0.1) is 0 Å². The summed E-state index contributed by atoms with van der Waals surface area (Å²) < 4.78 is 0. The lowest BCUT2D eigenvalue weighted by molar-refractivity contribution is 1.54. The molecule has 0 aliphatic heterocycles. The van der Waals surface area contributed by atoms with Crippen LogP contribution >= 0.6 is 23.2 Å². The Morgan fingerprint density at radius 2 is 2.11 bits per heavy atom. The Labute approximate surface area is 63.7 Å². The van der Waals surface area contributed by atoms with E-state index < -0.39 is 0 Å². The van der Waals surface area contributed by atoms with Crippen molar-refractivity contribution in [3.8, 4) is 0 Å². The quantitative estimate of drug-likeness (QED) is 0.491. The van der Waals surface area contributed by atoms with Crippen molar-refractivity contribution in [1.29, 1.82) is 0 Å². The van der Waals surface area contributed by atoms with E-state index in [0.717, 1.165) is 0 Å². The van der Waals surface area contributed by atoms with Crippen molar-refractivity contribution in [2.45, 2.75) is 0 Å². The number of allylic oxidation sites excluding steroid dienone is 1. The Balaban J connectivity index is 4.05. The Morgan fingerprint density at radius 1 is 1.56 bits per heavy atom. The molecule has 4 heteroatoms. The van der Waals surface area contributed by atoms with Crippen LogP contribution in [0.4, 0.5) is 0 Å². The van der Waals surface area contributed by atoms with Gasteiger partial charge in [-0.1, -0.05) is 29.8 Å². The van der Waals surface area contributed by atoms with Crippen LogP contribution in [0.1, 0.15) is 0 Å². The van der Waals surface area contributed by atoms with Crippen LogP contribution in [0.3, 0.4) is 0 Å². The molecule has 0 bridgehead atoms. The zero-order valence-corrected chi connectivity index (χ0v) is 6.15. The minimum absolute atomic E-state index is 0.102. The monoisotopic (exact) mass is 164 g/mol. The molecule has 0 saturated carbocycles. The standard InChI is InChI=1S/C5H6Cl2N2/c1-2-9-5(7)3-4(6)8/h2-3H,1,8H2/b4-3-,9-5+. The van der Waals surface area contributed by atoms with Gasteiger partial charge in [0.05, 0.1) is 0 Å². The maximum Gasteiger partial charge on any atom is 0.131 e. The third-order valence-electron chi connectivity index (χ3n) is 0.472. The van der Waals surface area contributed by atoms with E-state index in [4.69, 9.17) is 28.9 Å². The lowest BCUT2D eigenvalue weighted by Crippen LogP contribution is -1.90. The average molecular weight is 165 g/mol. The van der Waals surface area contributed by atoms with Gasteiger partial charge in [0, 0.05) is 12.3 Å². The number of nitrogens with two attached hydrogens (primary N) is 1. The molecule has 2 nitrogen and oxygen atoms in total. The van der Waals surface area contributed by atoms with Gasteiger partial charge in [-0.05, 0) is 0 Å². The van der Waals surface area contributed by atoms with Crippen molar-refractivity contribution < 1.29 is 0 Å². The summed E-state index contributed by atoms with van der Waals surface area (Å²) in [5, 5.41) is 0.322. The Bertz CT molecular complexity index is 156. The average Bonchev–Trinajstić information content (AvgIpc) is 1.63. The van der Waals surface area contributed by atoms with Gasteiger partial charge in [0.1, 0.15) is 10.3 Å². The van der Waals surface area contributed by atoms with Crippen LogP contribution in [0, 0.1) is 0 Å². The molecule has 0 spiro atoms. The molecule has 0 radical (unpaired) electrons. The summed E-state index contributed by atoms with van der Waals surface area (Å²) in [4.78, 5) is 3.57. The highest BCUT2D eigenvalue weighted by Gasteiger charge is 1.85. The minimum atomic E-state index is 0.102. The van der Waals surface area contributed by atoms with Crippen LogP contribution in [0.15, 0.2) is 29.0 Å². The van der Waals surface area contributed by atoms with Gasteiger partial charge < -0.3 is 5.73 Å². The molecular formula is C5H6Cl2N2.